The van der Waals surface area contributed by atoms with Crippen molar-refractivity contribution < 1.29 is 9.53 Å². The van der Waals surface area contributed by atoms with Gasteiger partial charge in [0, 0.05) is 12.6 Å². The van der Waals surface area contributed by atoms with Gasteiger partial charge in [-0.05, 0) is 45.2 Å². The monoisotopic (exact) mass is 296 g/mol. The Morgan fingerprint density at radius 2 is 2.20 bits per heavy atom. The number of rotatable bonds is 2. The van der Waals surface area contributed by atoms with E-state index in [0.29, 0.717) is 17.3 Å². The Hall–Kier alpha value is -1.26. The van der Waals surface area contributed by atoms with Crippen LogP contribution in [0.5, 0.6) is 0 Å². The van der Waals surface area contributed by atoms with Gasteiger partial charge < -0.3 is 15.4 Å². The molecule has 0 bridgehead atoms. The molecule has 1 atom stereocenters. The molecule has 1 fully saturated rings. The average Bonchev–Trinajstić information content (AvgIpc) is 2.33. The second-order valence-electron chi connectivity index (χ2n) is 5.83. The number of hydrogen-bond donors (Lipinski definition) is 2. The van der Waals surface area contributed by atoms with Gasteiger partial charge in [0.15, 0.2) is 0 Å². The van der Waals surface area contributed by atoms with E-state index >= 15 is 0 Å². The number of aryl methyl sites for hydroxylation is 1. The summed E-state index contributed by atoms with van der Waals surface area (Å²) >= 11 is 6.10. The van der Waals surface area contributed by atoms with Crippen LogP contribution in [0.25, 0.3) is 0 Å². The second-order valence-corrected chi connectivity index (χ2v) is 6.24. The van der Waals surface area contributed by atoms with Gasteiger partial charge in [-0.3, -0.25) is 0 Å². The van der Waals surface area contributed by atoms with Crippen LogP contribution in [0.15, 0.2) is 18.2 Å². The highest BCUT2D eigenvalue weighted by Crippen LogP contribution is 2.26. The minimum atomic E-state index is -0.219. The molecule has 2 N–H and O–H groups in total. The van der Waals surface area contributed by atoms with E-state index in [-0.39, 0.29) is 17.7 Å². The maximum Gasteiger partial charge on any atom is 0.319 e. The van der Waals surface area contributed by atoms with Crippen LogP contribution < -0.4 is 10.6 Å². The first-order chi connectivity index (χ1) is 9.37. The molecule has 2 amide bonds. The molecule has 4 nitrogen and oxygen atoms in total. The lowest BCUT2D eigenvalue weighted by atomic mass is 9.94. The first-order valence-corrected chi connectivity index (χ1v) is 7.22. The molecule has 0 spiro atoms. The largest absolute Gasteiger partial charge is 0.375 e. The lowest BCUT2D eigenvalue weighted by molar-refractivity contribution is -0.0609. The maximum absolute atomic E-state index is 12.1. The number of anilines is 1. The summed E-state index contributed by atoms with van der Waals surface area (Å²) in [7, 11) is 0. The predicted molar refractivity (Wildman–Crippen MR) is 81.4 cm³/mol. The van der Waals surface area contributed by atoms with Crippen molar-refractivity contribution in [3.63, 3.8) is 0 Å². The Kier molecular flexibility index (Phi) is 4.55. The fourth-order valence-corrected chi connectivity index (χ4v) is 2.75. The van der Waals surface area contributed by atoms with Gasteiger partial charge in [-0.25, -0.2) is 4.79 Å². The Bertz CT molecular complexity index is 482. The molecule has 5 heteroatoms. The van der Waals surface area contributed by atoms with Crippen LogP contribution in [0.3, 0.4) is 0 Å². The van der Waals surface area contributed by atoms with E-state index in [4.69, 9.17) is 16.3 Å². The summed E-state index contributed by atoms with van der Waals surface area (Å²) in [5, 5.41) is 6.37. The van der Waals surface area contributed by atoms with Gasteiger partial charge in [-0.15, -0.1) is 0 Å². The lowest BCUT2D eigenvalue weighted by Crippen LogP contribution is -2.47. The highest BCUT2D eigenvalue weighted by Gasteiger charge is 2.29. The minimum Gasteiger partial charge on any atom is -0.375 e. The molecule has 1 saturated heterocycles. The molecule has 110 valence electrons. The Labute approximate surface area is 124 Å². The van der Waals surface area contributed by atoms with Crippen molar-refractivity contribution in [2.45, 2.75) is 45.3 Å². The van der Waals surface area contributed by atoms with Crippen molar-refractivity contribution in [3.05, 3.63) is 28.8 Å². The third-order valence-corrected chi connectivity index (χ3v) is 3.81. The van der Waals surface area contributed by atoms with Crippen LogP contribution >= 0.6 is 11.6 Å². The first-order valence-electron chi connectivity index (χ1n) is 6.84. The van der Waals surface area contributed by atoms with Crippen LogP contribution in [-0.2, 0) is 4.74 Å². The smallest absolute Gasteiger partial charge is 0.319 e. The van der Waals surface area contributed by atoms with E-state index in [1.807, 2.05) is 32.9 Å². The maximum atomic E-state index is 12.1. The summed E-state index contributed by atoms with van der Waals surface area (Å²) in [5.41, 5.74) is 1.43. The molecule has 1 aliphatic rings. The summed E-state index contributed by atoms with van der Waals surface area (Å²) in [5.74, 6) is 0. The first kappa shape index (κ1) is 15.1. The number of benzene rings is 1. The normalized spacial score (nSPS) is 21.3. The zero-order chi connectivity index (χ0) is 14.8. The standard InChI is InChI=1S/C15H21ClN2O2/c1-10-5-4-6-12(16)13(10)18-14(19)17-11-7-8-20-15(2,3)9-11/h4-6,11H,7-9H2,1-3H3,(H2,17,18,19). The van der Waals surface area contributed by atoms with Crippen LogP contribution in [-0.4, -0.2) is 24.3 Å². The van der Waals surface area contributed by atoms with Crippen LogP contribution in [0.2, 0.25) is 5.02 Å². The highest BCUT2D eigenvalue weighted by atomic mass is 35.5. The van der Waals surface area contributed by atoms with E-state index in [1.54, 1.807) is 6.07 Å². The number of carbonyl (C=O) groups is 1. The third-order valence-electron chi connectivity index (χ3n) is 3.49. The van der Waals surface area contributed by atoms with Gasteiger partial charge in [0.1, 0.15) is 0 Å². The molecule has 20 heavy (non-hydrogen) atoms. The van der Waals surface area contributed by atoms with Gasteiger partial charge in [0.2, 0.25) is 0 Å². The lowest BCUT2D eigenvalue weighted by Gasteiger charge is -2.35. The third kappa shape index (κ3) is 3.87. The molecule has 1 unspecified atom stereocenters. The molecular weight excluding hydrogens is 276 g/mol. The number of amides is 2. The van der Waals surface area contributed by atoms with E-state index < -0.39 is 0 Å². The summed E-state index contributed by atoms with van der Waals surface area (Å²) in [6, 6.07) is 5.45. The van der Waals surface area contributed by atoms with Gasteiger partial charge in [-0.2, -0.15) is 0 Å². The number of nitrogens with one attached hydrogen (secondary N) is 2. The Balaban J connectivity index is 1.96. The average molecular weight is 297 g/mol. The van der Waals surface area contributed by atoms with Crippen LogP contribution in [0.1, 0.15) is 32.3 Å². The van der Waals surface area contributed by atoms with Gasteiger partial charge in [0.05, 0.1) is 16.3 Å². The van der Waals surface area contributed by atoms with Gasteiger partial charge >= 0.3 is 6.03 Å². The molecule has 1 aromatic carbocycles. The van der Waals surface area contributed by atoms with E-state index in [9.17, 15) is 4.79 Å². The quantitative estimate of drug-likeness (QED) is 0.874. The SMILES string of the molecule is Cc1cccc(Cl)c1NC(=O)NC1CCOC(C)(C)C1. The number of urea groups is 1. The molecule has 2 rings (SSSR count). The zero-order valence-electron chi connectivity index (χ0n) is 12.1. The minimum absolute atomic E-state index is 0.126. The second kappa shape index (κ2) is 6.02. The van der Waals surface area contributed by atoms with Crippen molar-refractivity contribution in [3.8, 4) is 0 Å². The predicted octanol–water partition coefficient (Wildman–Crippen LogP) is 3.73. The van der Waals surface area contributed by atoms with Gasteiger partial charge in [0.25, 0.3) is 0 Å². The fourth-order valence-electron chi connectivity index (χ4n) is 2.48. The van der Waals surface area contributed by atoms with E-state index in [1.165, 1.54) is 0 Å². The Morgan fingerprint density at radius 1 is 1.45 bits per heavy atom. The van der Waals surface area contributed by atoms with Crippen molar-refractivity contribution in [2.24, 2.45) is 0 Å². The molecule has 1 aromatic rings. The fraction of sp³-hybridized carbons (Fsp3) is 0.533. The van der Waals surface area contributed by atoms with E-state index in [0.717, 1.165) is 18.4 Å². The zero-order valence-corrected chi connectivity index (χ0v) is 12.9. The number of para-hydroxylation sites is 1. The molecule has 0 aromatic heterocycles. The molecule has 1 aliphatic heterocycles. The summed E-state index contributed by atoms with van der Waals surface area (Å²) in [6.07, 6.45) is 1.64. The molecule has 0 saturated carbocycles. The molecule has 0 aliphatic carbocycles. The van der Waals surface area contributed by atoms with Crippen molar-refractivity contribution in [2.75, 3.05) is 11.9 Å². The number of hydrogen-bond acceptors (Lipinski definition) is 2. The van der Waals surface area contributed by atoms with Crippen molar-refractivity contribution >= 4 is 23.3 Å². The highest BCUT2D eigenvalue weighted by molar-refractivity contribution is 6.33. The number of halogens is 1. The summed E-state index contributed by atoms with van der Waals surface area (Å²) in [6.45, 7) is 6.66. The summed E-state index contributed by atoms with van der Waals surface area (Å²) in [4.78, 5) is 12.1. The topological polar surface area (TPSA) is 50.4 Å². The molecule has 0 radical (unpaired) electrons. The van der Waals surface area contributed by atoms with E-state index in [2.05, 4.69) is 10.6 Å². The number of ether oxygens (including phenoxy) is 1. The Morgan fingerprint density at radius 3 is 2.85 bits per heavy atom. The van der Waals surface area contributed by atoms with Crippen molar-refractivity contribution in [1.82, 2.24) is 5.32 Å². The van der Waals surface area contributed by atoms with Crippen molar-refractivity contribution in [1.29, 1.82) is 0 Å². The molecular formula is C15H21ClN2O2. The van der Waals surface area contributed by atoms with Gasteiger partial charge in [-0.1, -0.05) is 23.7 Å². The molecule has 1 heterocycles. The van der Waals surface area contributed by atoms with Crippen LogP contribution in [0.4, 0.5) is 10.5 Å². The van der Waals surface area contributed by atoms with Crippen LogP contribution in [0, 0.1) is 6.92 Å². The summed E-state index contributed by atoms with van der Waals surface area (Å²) < 4.78 is 5.64. The number of carbonyl (C=O) groups excluding carboxylic acids is 1.